The van der Waals surface area contributed by atoms with Crippen LogP contribution >= 0.6 is 11.6 Å². The smallest absolute Gasteiger partial charge is 0.301 e. The number of aromatic nitrogens is 2. The van der Waals surface area contributed by atoms with Crippen molar-refractivity contribution in [1.29, 1.82) is 0 Å². The third kappa shape index (κ3) is 3.17. The van der Waals surface area contributed by atoms with Gasteiger partial charge in [-0.2, -0.15) is 12.7 Å². The van der Waals surface area contributed by atoms with E-state index in [2.05, 4.69) is 14.7 Å². The number of H-pyrrole nitrogens is 1. The van der Waals surface area contributed by atoms with Crippen molar-refractivity contribution in [2.45, 2.75) is 0 Å². The standard InChI is InChI=1S/C15H15ClN4O2S/c1-20(2)23(21,22)19-10-7-8-13-14(9-10)18-15(17-13)11-5-3-4-6-12(11)16/h3-9,19H,1-2H3,(H,17,18). The van der Waals surface area contributed by atoms with Crippen molar-refractivity contribution >= 4 is 38.5 Å². The molecule has 0 bridgehead atoms. The summed E-state index contributed by atoms with van der Waals surface area (Å²) in [7, 11) is -0.614. The molecular formula is C15H15ClN4O2S. The molecule has 0 fully saturated rings. The van der Waals surface area contributed by atoms with Crippen molar-refractivity contribution in [3.8, 4) is 11.4 Å². The number of halogens is 1. The lowest BCUT2D eigenvalue weighted by atomic mass is 10.2. The fourth-order valence-corrected chi connectivity index (χ4v) is 2.93. The summed E-state index contributed by atoms with van der Waals surface area (Å²) in [5, 5.41) is 0.597. The highest BCUT2D eigenvalue weighted by Gasteiger charge is 2.14. The molecule has 0 amide bonds. The van der Waals surface area contributed by atoms with Crippen LogP contribution in [-0.4, -0.2) is 36.8 Å². The molecule has 0 saturated heterocycles. The SMILES string of the molecule is CN(C)S(=O)(=O)Nc1ccc2nc(-c3ccccc3Cl)[nH]c2c1. The number of benzene rings is 2. The maximum absolute atomic E-state index is 11.9. The van der Waals surface area contributed by atoms with E-state index in [0.29, 0.717) is 16.5 Å². The normalized spacial score (nSPS) is 12.0. The van der Waals surface area contributed by atoms with Crippen LogP contribution in [0.25, 0.3) is 22.4 Å². The summed E-state index contributed by atoms with van der Waals surface area (Å²) in [5.41, 5.74) is 2.70. The third-order valence-corrected chi connectivity index (χ3v) is 5.12. The molecule has 23 heavy (non-hydrogen) atoms. The van der Waals surface area contributed by atoms with Gasteiger partial charge in [-0.3, -0.25) is 4.72 Å². The molecule has 2 N–H and O–H groups in total. The molecule has 8 heteroatoms. The van der Waals surface area contributed by atoms with Crippen molar-refractivity contribution in [2.24, 2.45) is 0 Å². The van der Waals surface area contributed by atoms with Gasteiger partial charge in [0.15, 0.2) is 0 Å². The molecule has 6 nitrogen and oxygen atoms in total. The Kier molecular flexibility index (Phi) is 4.01. The minimum absolute atomic E-state index is 0.459. The van der Waals surface area contributed by atoms with Crippen LogP contribution in [0.5, 0.6) is 0 Å². The second kappa shape index (κ2) is 5.84. The van der Waals surface area contributed by atoms with Crippen LogP contribution in [-0.2, 0) is 10.2 Å². The van der Waals surface area contributed by atoms with E-state index in [4.69, 9.17) is 11.6 Å². The average molecular weight is 351 g/mol. The molecule has 2 aromatic carbocycles. The fraction of sp³-hybridized carbons (Fsp3) is 0.133. The van der Waals surface area contributed by atoms with E-state index >= 15 is 0 Å². The zero-order valence-corrected chi connectivity index (χ0v) is 14.1. The molecule has 0 aliphatic carbocycles. The number of aromatic amines is 1. The monoisotopic (exact) mass is 350 g/mol. The molecule has 3 aromatic rings. The molecular weight excluding hydrogens is 336 g/mol. The Morgan fingerprint density at radius 1 is 1.17 bits per heavy atom. The molecule has 0 aliphatic rings. The lowest BCUT2D eigenvalue weighted by Crippen LogP contribution is -2.28. The van der Waals surface area contributed by atoms with E-state index in [1.165, 1.54) is 14.1 Å². The molecule has 0 aliphatic heterocycles. The molecule has 0 saturated carbocycles. The Morgan fingerprint density at radius 3 is 2.61 bits per heavy atom. The Morgan fingerprint density at radius 2 is 1.91 bits per heavy atom. The molecule has 1 heterocycles. The van der Waals surface area contributed by atoms with Gasteiger partial charge in [0.25, 0.3) is 0 Å². The highest BCUT2D eigenvalue weighted by Crippen LogP contribution is 2.28. The van der Waals surface area contributed by atoms with Crippen LogP contribution < -0.4 is 4.72 Å². The van der Waals surface area contributed by atoms with Gasteiger partial charge in [0.1, 0.15) is 5.82 Å². The largest absolute Gasteiger partial charge is 0.338 e. The number of nitrogens with one attached hydrogen (secondary N) is 2. The summed E-state index contributed by atoms with van der Waals surface area (Å²) in [6.07, 6.45) is 0. The highest BCUT2D eigenvalue weighted by molar-refractivity contribution is 7.90. The summed E-state index contributed by atoms with van der Waals surface area (Å²) in [5.74, 6) is 0.637. The van der Waals surface area contributed by atoms with Gasteiger partial charge >= 0.3 is 10.2 Å². The number of fused-ring (bicyclic) bond motifs is 1. The fourth-order valence-electron chi connectivity index (χ4n) is 2.09. The van der Waals surface area contributed by atoms with E-state index in [0.717, 1.165) is 20.9 Å². The lowest BCUT2D eigenvalue weighted by molar-refractivity contribution is 0.527. The minimum atomic E-state index is -3.54. The van der Waals surface area contributed by atoms with Crippen LogP contribution in [0.1, 0.15) is 0 Å². The third-order valence-electron chi connectivity index (χ3n) is 3.34. The van der Waals surface area contributed by atoms with Crippen molar-refractivity contribution in [2.75, 3.05) is 18.8 Å². The van der Waals surface area contributed by atoms with Gasteiger partial charge in [0.2, 0.25) is 0 Å². The van der Waals surface area contributed by atoms with E-state index < -0.39 is 10.2 Å². The first-order chi connectivity index (χ1) is 10.9. The minimum Gasteiger partial charge on any atom is -0.338 e. The number of anilines is 1. The predicted octanol–water partition coefficient (Wildman–Crippen LogP) is 3.10. The first-order valence-electron chi connectivity index (χ1n) is 6.82. The summed E-state index contributed by atoms with van der Waals surface area (Å²) in [4.78, 5) is 7.65. The van der Waals surface area contributed by atoms with Crippen LogP contribution in [0.2, 0.25) is 5.02 Å². The summed E-state index contributed by atoms with van der Waals surface area (Å²) in [6.45, 7) is 0. The molecule has 0 unspecified atom stereocenters. The van der Waals surface area contributed by atoms with E-state index in [1.54, 1.807) is 24.3 Å². The zero-order valence-electron chi connectivity index (χ0n) is 12.5. The molecule has 0 spiro atoms. The van der Waals surface area contributed by atoms with Crippen molar-refractivity contribution in [3.05, 3.63) is 47.5 Å². The Labute approximate surface area is 139 Å². The number of hydrogen-bond donors (Lipinski definition) is 2. The van der Waals surface area contributed by atoms with Crippen LogP contribution in [0.4, 0.5) is 5.69 Å². The summed E-state index contributed by atoms with van der Waals surface area (Å²) >= 11 is 6.18. The second-order valence-electron chi connectivity index (χ2n) is 5.19. The van der Waals surface area contributed by atoms with Crippen molar-refractivity contribution in [1.82, 2.24) is 14.3 Å². The molecule has 120 valence electrons. The van der Waals surface area contributed by atoms with Crippen LogP contribution in [0.3, 0.4) is 0 Å². The van der Waals surface area contributed by atoms with Crippen LogP contribution in [0, 0.1) is 0 Å². The van der Waals surface area contributed by atoms with Crippen molar-refractivity contribution < 1.29 is 8.42 Å². The van der Waals surface area contributed by atoms with Gasteiger partial charge in [0.05, 0.1) is 21.7 Å². The van der Waals surface area contributed by atoms with Gasteiger partial charge in [-0.05, 0) is 30.3 Å². The quantitative estimate of drug-likeness (QED) is 0.759. The van der Waals surface area contributed by atoms with Gasteiger partial charge in [0, 0.05) is 19.7 Å². The second-order valence-corrected chi connectivity index (χ2v) is 7.48. The highest BCUT2D eigenvalue weighted by atomic mass is 35.5. The zero-order chi connectivity index (χ0) is 16.6. The number of hydrogen-bond acceptors (Lipinski definition) is 3. The predicted molar refractivity (Wildman–Crippen MR) is 92.8 cm³/mol. The van der Waals surface area contributed by atoms with E-state index in [-0.39, 0.29) is 0 Å². The maximum atomic E-state index is 11.9. The number of imidazole rings is 1. The summed E-state index contributed by atoms with van der Waals surface area (Å²) in [6, 6.07) is 12.5. The molecule has 1 aromatic heterocycles. The Hall–Kier alpha value is -2.09. The summed E-state index contributed by atoms with van der Waals surface area (Å²) < 4.78 is 27.4. The first kappa shape index (κ1) is 15.8. The topological polar surface area (TPSA) is 78.1 Å². The Balaban J connectivity index is 2.00. The van der Waals surface area contributed by atoms with Crippen LogP contribution in [0.15, 0.2) is 42.5 Å². The van der Waals surface area contributed by atoms with Crippen molar-refractivity contribution in [3.63, 3.8) is 0 Å². The van der Waals surface area contributed by atoms with Gasteiger partial charge < -0.3 is 4.98 Å². The maximum Gasteiger partial charge on any atom is 0.301 e. The lowest BCUT2D eigenvalue weighted by Gasteiger charge is -2.13. The number of nitrogens with zero attached hydrogens (tertiary/aromatic N) is 2. The first-order valence-corrected chi connectivity index (χ1v) is 8.63. The van der Waals surface area contributed by atoms with Gasteiger partial charge in [-0.25, -0.2) is 4.98 Å². The van der Waals surface area contributed by atoms with E-state index in [9.17, 15) is 8.42 Å². The van der Waals surface area contributed by atoms with Gasteiger partial charge in [-0.1, -0.05) is 23.7 Å². The Bertz CT molecular complexity index is 967. The van der Waals surface area contributed by atoms with Gasteiger partial charge in [-0.15, -0.1) is 0 Å². The number of rotatable bonds is 4. The average Bonchev–Trinajstić information content (AvgIpc) is 2.90. The molecule has 3 rings (SSSR count). The molecule has 0 radical (unpaired) electrons. The molecule has 0 atom stereocenters. The van der Waals surface area contributed by atoms with E-state index in [1.807, 2.05) is 18.2 Å².